The lowest BCUT2D eigenvalue weighted by Crippen LogP contribution is -2.22. The molecule has 1 aromatic heterocycles. The molecule has 1 N–H and O–H groups in total. The predicted molar refractivity (Wildman–Crippen MR) is 123 cm³/mol. The second kappa shape index (κ2) is 8.71. The van der Waals surface area contributed by atoms with Crippen LogP contribution in [0.15, 0.2) is 84.3 Å². The van der Waals surface area contributed by atoms with Crippen LogP contribution in [0.5, 0.6) is 0 Å². The van der Waals surface area contributed by atoms with Crippen LogP contribution in [-0.2, 0) is 9.59 Å². The molecule has 6 heteroatoms. The molecular formula is C24H19N3O2S. The predicted octanol–water partition coefficient (Wildman–Crippen LogP) is 5.63. The van der Waals surface area contributed by atoms with Crippen molar-refractivity contribution in [2.45, 2.75) is 6.92 Å². The monoisotopic (exact) mass is 413 g/mol. The normalized spacial score (nSPS) is 11.0. The first-order valence-corrected chi connectivity index (χ1v) is 10.3. The van der Waals surface area contributed by atoms with Crippen LogP contribution in [-0.4, -0.2) is 16.8 Å². The van der Waals surface area contributed by atoms with Crippen LogP contribution in [0.3, 0.4) is 0 Å². The number of amides is 2. The lowest BCUT2D eigenvalue weighted by Gasteiger charge is -2.17. The van der Waals surface area contributed by atoms with E-state index in [4.69, 9.17) is 0 Å². The first-order chi connectivity index (χ1) is 14.6. The van der Waals surface area contributed by atoms with E-state index in [2.05, 4.69) is 10.3 Å². The second-order valence-corrected chi connectivity index (χ2v) is 7.43. The number of fused-ring (bicyclic) bond motifs is 1. The zero-order chi connectivity index (χ0) is 20.9. The summed E-state index contributed by atoms with van der Waals surface area (Å²) in [6, 6.07) is 23.0. The Labute approximate surface area is 178 Å². The van der Waals surface area contributed by atoms with Crippen LogP contribution in [0.25, 0.3) is 16.8 Å². The third kappa shape index (κ3) is 4.29. The number of anilines is 3. The van der Waals surface area contributed by atoms with Gasteiger partial charge in [-0.25, -0.2) is 4.98 Å². The number of para-hydroxylation sites is 1. The molecule has 0 unspecified atom stereocenters. The fourth-order valence-electron chi connectivity index (χ4n) is 3.13. The summed E-state index contributed by atoms with van der Waals surface area (Å²) in [5, 5.41) is 7.34. The van der Waals surface area contributed by atoms with Gasteiger partial charge in [0.1, 0.15) is 0 Å². The molecule has 0 saturated carbocycles. The van der Waals surface area contributed by atoms with E-state index >= 15 is 0 Å². The van der Waals surface area contributed by atoms with Crippen LogP contribution >= 0.6 is 11.3 Å². The highest BCUT2D eigenvalue weighted by molar-refractivity contribution is 7.14. The smallest absolute Gasteiger partial charge is 0.248 e. The van der Waals surface area contributed by atoms with E-state index in [0.717, 1.165) is 22.1 Å². The molecule has 30 heavy (non-hydrogen) atoms. The van der Waals surface area contributed by atoms with Gasteiger partial charge in [-0.2, -0.15) is 0 Å². The first-order valence-electron chi connectivity index (χ1n) is 9.40. The molecule has 0 aliphatic rings. The maximum atomic E-state index is 12.4. The van der Waals surface area contributed by atoms with Gasteiger partial charge in [-0.3, -0.25) is 14.5 Å². The Balaban J connectivity index is 1.50. The largest absolute Gasteiger partial charge is 0.322 e. The van der Waals surface area contributed by atoms with E-state index in [9.17, 15) is 9.59 Å². The molecule has 4 aromatic rings. The highest BCUT2D eigenvalue weighted by Gasteiger charge is 2.17. The van der Waals surface area contributed by atoms with Gasteiger partial charge in [0.05, 0.1) is 11.4 Å². The lowest BCUT2D eigenvalue weighted by atomic mass is 10.1. The summed E-state index contributed by atoms with van der Waals surface area (Å²) < 4.78 is 0. The van der Waals surface area contributed by atoms with Gasteiger partial charge in [0, 0.05) is 29.5 Å². The summed E-state index contributed by atoms with van der Waals surface area (Å²) in [5.41, 5.74) is 2.13. The third-order valence-electron chi connectivity index (χ3n) is 4.48. The zero-order valence-electron chi connectivity index (χ0n) is 16.3. The fraction of sp³-hybridized carbons (Fsp3) is 0.0417. The maximum absolute atomic E-state index is 12.4. The summed E-state index contributed by atoms with van der Waals surface area (Å²) in [6.07, 6.45) is 3.09. The molecule has 0 aliphatic heterocycles. The number of nitrogens with zero attached hydrogens (tertiary/aromatic N) is 2. The van der Waals surface area contributed by atoms with Gasteiger partial charge in [-0.1, -0.05) is 54.6 Å². The van der Waals surface area contributed by atoms with Crippen molar-refractivity contribution in [2.75, 3.05) is 10.2 Å². The first kappa shape index (κ1) is 19.5. The van der Waals surface area contributed by atoms with Gasteiger partial charge in [0.2, 0.25) is 11.8 Å². The Morgan fingerprint density at radius 1 is 0.967 bits per heavy atom. The Bertz CT molecular complexity index is 1230. The molecule has 0 fully saturated rings. The van der Waals surface area contributed by atoms with Gasteiger partial charge in [-0.15, -0.1) is 11.3 Å². The highest BCUT2D eigenvalue weighted by atomic mass is 32.1. The minimum Gasteiger partial charge on any atom is -0.322 e. The van der Waals surface area contributed by atoms with Crippen molar-refractivity contribution in [3.05, 3.63) is 89.9 Å². The molecule has 0 bridgehead atoms. The number of nitrogens with one attached hydrogen (secondary N) is 1. The van der Waals surface area contributed by atoms with Crippen LogP contribution in [0.2, 0.25) is 0 Å². The van der Waals surface area contributed by atoms with Crippen molar-refractivity contribution in [1.82, 2.24) is 4.98 Å². The number of hydrogen-bond acceptors (Lipinski definition) is 4. The molecule has 4 rings (SSSR count). The minimum absolute atomic E-state index is 0.125. The van der Waals surface area contributed by atoms with Crippen LogP contribution < -0.4 is 10.2 Å². The Morgan fingerprint density at radius 2 is 1.70 bits per heavy atom. The SMILES string of the molecule is CC(=O)N(c1ccccc1)c1nc(/C=C/C(=O)Nc2cccc3ccccc23)cs1. The van der Waals surface area contributed by atoms with Crippen LogP contribution in [0.4, 0.5) is 16.5 Å². The number of carbonyl (C=O) groups is 2. The molecule has 5 nitrogen and oxygen atoms in total. The van der Waals surface area contributed by atoms with Crippen molar-refractivity contribution in [1.29, 1.82) is 0 Å². The second-order valence-electron chi connectivity index (χ2n) is 6.59. The summed E-state index contributed by atoms with van der Waals surface area (Å²) in [7, 11) is 0. The molecule has 0 saturated heterocycles. The van der Waals surface area contributed by atoms with Crippen molar-refractivity contribution in [2.24, 2.45) is 0 Å². The van der Waals surface area contributed by atoms with E-state index in [1.807, 2.05) is 78.2 Å². The molecule has 0 radical (unpaired) electrons. The van der Waals surface area contributed by atoms with E-state index in [0.29, 0.717) is 10.8 Å². The quantitative estimate of drug-likeness (QED) is 0.431. The van der Waals surface area contributed by atoms with E-state index < -0.39 is 0 Å². The van der Waals surface area contributed by atoms with E-state index in [1.165, 1.54) is 24.3 Å². The maximum Gasteiger partial charge on any atom is 0.248 e. The molecule has 2 amide bonds. The van der Waals surface area contributed by atoms with Crippen LogP contribution in [0, 0.1) is 0 Å². The highest BCUT2D eigenvalue weighted by Crippen LogP contribution is 2.29. The third-order valence-corrected chi connectivity index (χ3v) is 5.33. The standard InChI is InChI=1S/C24H19N3O2S/c1-17(28)27(20-10-3-2-4-11-20)24-25-19(16-30-24)14-15-23(29)26-22-13-7-9-18-8-5-6-12-21(18)22/h2-16H,1H3,(H,26,29)/b15-14+. The topological polar surface area (TPSA) is 62.3 Å². The molecule has 1 heterocycles. The summed E-state index contributed by atoms with van der Waals surface area (Å²) in [4.78, 5) is 30.6. The average Bonchev–Trinajstić information content (AvgIpc) is 3.21. The number of benzene rings is 3. The van der Waals surface area contributed by atoms with Crippen molar-refractivity contribution in [3.63, 3.8) is 0 Å². The Morgan fingerprint density at radius 3 is 2.50 bits per heavy atom. The van der Waals surface area contributed by atoms with E-state index in [1.54, 1.807) is 11.0 Å². The van der Waals surface area contributed by atoms with Gasteiger partial charge in [0.15, 0.2) is 5.13 Å². The van der Waals surface area contributed by atoms with Gasteiger partial charge >= 0.3 is 0 Å². The zero-order valence-corrected chi connectivity index (χ0v) is 17.1. The number of carbonyl (C=O) groups excluding carboxylic acids is 2. The van der Waals surface area contributed by atoms with Gasteiger partial charge in [-0.05, 0) is 29.7 Å². The summed E-state index contributed by atoms with van der Waals surface area (Å²) in [5.74, 6) is -0.368. The summed E-state index contributed by atoms with van der Waals surface area (Å²) in [6.45, 7) is 1.50. The van der Waals surface area contributed by atoms with Crippen molar-refractivity contribution >= 4 is 56.5 Å². The molecule has 3 aromatic carbocycles. The van der Waals surface area contributed by atoms with Crippen molar-refractivity contribution in [3.8, 4) is 0 Å². The number of aromatic nitrogens is 1. The lowest BCUT2D eigenvalue weighted by molar-refractivity contribution is -0.116. The molecule has 148 valence electrons. The molecular weight excluding hydrogens is 394 g/mol. The van der Waals surface area contributed by atoms with E-state index in [-0.39, 0.29) is 11.8 Å². The van der Waals surface area contributed by atoms with Gasteiger partial charge in [0.25, 0.3) is 0 Å². The van der Waals surface area contributed by atoms with Crippen LogP contribution in [0.1, 0.15) is 12.6 Å². The molecule has 0 aliphatic carbocycles. The molecule has 0 atom stereocenters. The minimum atomic E-state index is -0.243. The molecule has 0 spiro atoms. The summed E-state index contributed by atoms with van der Waals surface area (Å²) >= 11 is 1.35. The number of rotatable bonds is 5. The fourth-order valence-corrected chi connectivity index (χ4v) is 3.98. The van der Waals surface area contributed by atoms with Crippen molar-refractivity contribution < 1.29 is 9.59 Å². The Hall–Kier alpha value is -3.77. The average molecular weight is 414 g/mol. The van der Waals surface area contributed by atoms with Gasteiger partial charge < -0.3 is 5.32 Å². The number of thiazole rings is 1. The number of hydrogen-bond donors (Lipinski definition) is 1. The Kier molecular flexibility index (Phi) is 5.68.